The molecule has 4 aromatic heterocycles. The number of hydrogen-bond donors (Lipinski definition) is 0. The molecule has 0 aliphatic rings. The molecular formula is C19H17N3O2S2. The maximum atomic E-state index is 13.0. The molecule has 0 spiro atoms. The van der Waals surface area contributed by atoms with Gasteiger partial charge >= 0.3 is 0 Å². The molecule has 0 aliphatic carbocycles. The Balaban J connectivity index is 1.52. The van der Waals surface area contributed by atoms with E-state index < -0.39 is 0 Å². The maximum absolute atomic E-state index is 13.0. The fourth-order valence-corrected chi connectivity index (χ4v) is 4.11. The number of furan rings is 1. The Kier molecular flexibility index (Phi) is 4.99. The van der Waals surface area contributed by atoms with Gasteiger partial charge in [-0.1, -0.05) is 12.1 Å². The molecule has 0 fully saturated rings. The van der Waals surface area contributed by atoms with Crippen LogP contribution in [0.25, 0.3) is 0 Å². The Morgan fingerprint density at radius 1 is 1.08 bits per heavy atom. The third-order valence-corrected chi connectivity index (χ3v) is 5.63. The molecule has 4 heterocycles. The molecule has 4 aromatic rings. The Labute approximate surface area is 159 Å². The minimum absolute atomic E-state index is 0.0938. The molecule has 5 nitrogen and oxygen atoms in total. The van der Waals surface area contributed by atoms with Crippen LogP contribution in [0.3, 0.4) is 0 Å². The zero-order chi connectivity index (χ0) is 17.8. The van der Waals surface area contributed by atoms with Gasteiger partial charge in [-0.2, -0.15) is 0 Å². The highest BCUT2D eigenvalue weighted by molar-refractivity contribution is 7.10. The lowest BCUT2D eigenvalue weighted by Crippen LogP contribution is -2.29. The number of hydrogen-bond acceptors (Lipinski definition) is 5. The average Bonchev–Trinajstić information content (AvgIpc) is 3.43. The third kappa shape index (κ3) is 3.95. The summed E-state index contributed by atoms with van der Waals surface area (Å²) in [5.74, 6) is 1.01. The van der Waals surface area contributed by atoms with E-state index in [-0.39, 0.29) is 5.91 Å². The van der Waals surface area contributed by atoms with Gasteiger partial charge < -0.3 is 13.9 Å². The lowest BCUT2D eigenvalue weighted by Gasteiger charge is -2.20. The third-order valence-electron chi connectivity index (χ3n) is 3.91. The normalized spacial score (nSPS) is 10.9. The van der Waals surface area contributed by atoms with Crippen molar-refractivity contribution in [2.75, 3.05) is 0 Å². The van der Waals surface area contributed by atoms with E-state index in [1.165, 1.54) is 0 Å². The first-order valence-electron chi connectivity index (χ1n) is 8.16. The van der Waals surface area contributed by atoms with Crippen molar-refractivity contribution in [2.24, 2.45) is 0 Å². The summed E-state index contributed by atoms with van der Waals surface area (Å²) in [5, 5.41) is 4.05. The van der Waals surface area contributed by atoms with Crippen LogP contribution in [-0.2, 0) is 19.6 Å². The minimum Gasteiger partial charge on any atom is -0.454 e. The lowest BCUT2D eigenvalue weighted by atomic mass is 10.3. The second-order valence-electron chi connectivity index (χ2n) is 5.82. The van der Waals surface area contributed by atoms with Gasteiger partial charge in [0.15, 0.2) is 5.76 Å². The van der Waals surface area contributed by atoms with Crippen molar-refractivity contribution in [1.29, 1.82) is 0 Å². The molecule has 1 amide bonds. The predicted octanol–water partition coefficient (Wildman–Crippen LogP) is 4.49. The van der Waals surface area contributed by atoms with Crippen molar-refractivity contribution in [3.63, 3.8) is 0 Å². The first-order valence-corrected chi connectivity index (χ1v) is 9.92. The topological polar surface area (TPSA) is 51.3 Å². The number of imidazole rings is 1. The monoisotopic (exact) mass is 383 g/mol. The Morgan fingerprint density at radius 3 is 2.38 bits per heavy atom. The quantitative estimate of drug-likeness (QED) is 0.472. The van der Waals surface area contributed by atoms with E-state index in [0.29, 0.717) is 25.4 Å². The van der Waals surface area contributed by atoms with Crippen LogP contribution in [0.15, 0.2) is 70.3 Å². The van der Waals surface area contributed by atoms with Gasteiger partial charge in [0.25, 0.3) is 5.91 Å². The van der Waals surface area contributed by atoms with Gasteiger partial charge in [0.2, 0.25) is 0 Å². The largest absolute Gasteiger partial charge is 0.454 e. The molecule has 0 atom stereocenters. The highest BCUT2D eigenvalue weighted by atomic mass is 32.1. The van der Waals surface area contributed by atoms with Crippen molar-refractivity contribution < 1.29 is 9.21 Å². The molecule has 132 valence electrons. The minimum atomic E-state index is -0.0938. The van der Waals surface area contributed by atoms with Gasteiger partial charge in [0.05, 0.1) is 26.0 Å². The van der Waals surface area contributed by atoms with E-state index in [9.17, 15) is 4.79 Å². The van der Waals surface area contributed by atoms with Crippen molar-refractivity contribution >= 4 is 28.6 Å². The van der Waals surface area contributed by atoms with Crippen LogP contribution in [0.5, 0.6) is 0 Å². The molecular weight excluding hydrogens is 366 g/mol. The van der Waals surface area contributed by atoms with Crippen molar-refractivity contribution in [2.45, 2.75) is 19.6 Å². The number of thiophene rings is 2. The summed E-state index contributed by atoms with van der Waals surface area (Å²) in [6.07, 6.45) is 5.31. The zero-order valence-electron chi connectivity index (χ0n) is 13.9. The summed E-state index contributed by atoms with van der Waals surface area (Å²) in [5.41, 5.74) is 0. The highest BCUT2D eigenvalue weighted by Crippen LogP contribution is 2.20. The molecule has 0 aliphatic heterocycles. The summed E-state index contributed by atoms with van der Waals surface area (Å²) in [4.78, 5) is 21.2. The van der Waals surface area contributed by atoms with Gasteiger partial charge in [0, 0.05) is 22.1 Å². The Bertz CT molecular complexity index is 905. The summed E-state index contributed by atoms with van der Waals surface area (Å²) < 4.78 is 7.71. The Hall–Kier alpha value is -2.64. The van der Waals surface area contributed by atoms with Gasteiger partial charge in [0.1, 0.15) is 5.76 Å². The fraction of sp³-hybridized carbons (Fsp3) is 0.158. The van der Waals surface area contributed by atoms with Crippen LogP contribution >= 0.6 is 22.7 Å². The second-order valence-corrected chi connectivity index (χ2v) is 7.89. The summed E-state index contributed by atoms with van der Waals surface area (Å²) in [6, 6.07) is 11.7. The molecule has 0 radical (unpaired) electrons. The van der Waals surface area contributed by atoms with Crippen molar-refractivity contribution in [3.05, 3.63) is 87.2 Å². The van der Waals surface area contributed by atoms with E-state index >= 15 is 0 Å². The van der Waals surface area contributed by atoms with E-state index in [4.69, 9.17) is 4.42 Å². The number of aromatic nitrogens is 2. The molecule has 0 bridgehead atoms. The van der Waals surface area contributed by atoms with Crippen LogP contribution in [-0.4, -0.2) is 20.4 Å². The standard InChI is InChI=1S/C19H17N3O2S2/c23-19(18-6-5-15(24-18)11-21-8-7-20-14-21)22(12-16-3-1-9-25-16)13-17-4-2-10-26-17/h1-10,14H,11-13H2. The smallest absolute Gasteiger partial charge is 0.290 e. The maximum Gasteiger partial charge on any atom is 0.290 e. The molecule has 0 unspecified atom stereocenters. The number of carbonyl (C=O) groups is 1. The van der Waals surface area contributed by atoms with Crippen LogP contribution in [0.2, 0.25) is 0 Å². The zero-order valence-corrected chi connectivity index (χ0v) is 15.6. The fourth-order valence-electron chi connectivity index (χ4n) is 2.67. The summed E-state index contributed by atoms with van der Waals surface area (Å²) in [6.45, 7) is 1.71. The van der Waals surface area contributed by atoms with Gasteiger partial charge in [-0.05, 0) is 35.0 Å². The number of rotatable bonds is 7. The van der Waals surface area contributed by atoms with E-state index in [2.05, 4.69) is 4.98 Å². The predicted molar refractivity (Wildman–Crippen MR) is 102 cm³/mol. The molecule has 0 aromatic carbocycles. The number of carbonyl (C=O) groups excluding carboxylic acids is 1. The SMILES string of the molecule is O=C(c1ccc(Cn2ccnc2)o1)N(Cc1cccs1)Cc1cccs1. The van der Waals surface area contributed by atoms with Crippen molar-refractivity contribution in [3.8, 4) is 0 Å². The van der Waals surface area contributed by atoms with Gasteiger partial charge in [-0.15, -0.1) is 22.7 Å². The van der Waals surface area contributed by atoms with Crippen LogP contribution in [0, 0.1) is 0 Å². The number of amides is 1. The second kappa shape index (κ2) is 7.72. The summed E-state index contributed by atoms with van der Waals surface area (Å²) in [7, 11) is 0. The molecule has 0 saturated heterocycles. The van der Waals surface area contributed by atoms with Gasteiger partial charge in [-0.25, -0.2) is 4.98 Å². The average molecular weight is 383 g/mol. The van der Waals surface area contributed by atoms with Crippen LogP contribution in [0.1, 0.15) is 26.1 Å². The first kappa shape index (κ1) is 16.8. The highest BCUT2D eigenvalue weighted by Gasteiger charge is 2.21. The summed E-state index contributed by atoms with van der Waals surface area (Å²) >= 11 is 3.31. The van der Waals surface area contributed by atoms with Gasteiger partial charge in [-0.3, -0.25) is 4.79 Å². The van der Waals surface area contributed by atoms with E-state index in [0.717, 1.165) is 15.5 Å². The molecule has 4 rings (SSSR count). The van der Waals surface area contributed by atoms with Crippen LogP contribution < -0.4 is 0 Å². The Morgan fingerprint density at radius 2 is 1.81 bits per heavy atom. The molecule has 26 heavy (non-hydrogen) atoms. The van der Waals surface area contributed by atoms with E-state index in [1.807, 2.05) is 56.8 Å². The number of nitrogens with zero attached hydrogens (tertiary/aromatic N) is 3. The first-order chi connectivity index (χ1) is 12.8. The molecule has 0 N–H and O–H groups in total. The van der Waals surface area contributed by atoms with Crippen LogP contribution in [0.4, 0.5) is 0 Å². The van der Waals surface area contributed by atoms with Crippen molar-refractivity contribution in [1.82, 2.24) is 14.5 Å². The lowest BCUT2D eigenvalue weighted by molar-refractivity contribution is 0.0699. The van der Waals surface area contributed by atoms with E-state index in [1.54, 1.807) is 41.3 Å². The molecule has 0 saturated carbocycles. The molecule has 7 heteroatoms.